The Morgan fingerprint density at radius 1 is 1.06 bits per heavy atom. The van der Waals surface area contributed by atoms with E-state index in [-0.39, 0.29) is 24.4 Å². The number of amides is 5. The summed E-state index contributed by atoms with van der Waals surface area (Å²) in [6.07, 6.45) is 7.27. The van der Waals surface area contributed by atoms with E-state index in [2.05, 4.69) is 25.7 Å². The molecule has 1 saturated heterocycles. The van der Waals surface area contributed by atoms with Gasteiger partial charge < -0.3 is 25.6 Å². The van der Waals surface area contributed by atoms with Gasteiger partial charge in [-0.3, -0.25) is 23.9 Å². The van der Waals surface area contributed by atoms with Gasteiger partial charge in [0, 0.05) is 18.5 Å². The average Bonchev–Trinajstić information content (AvgIpc) is 3.92. The van der Waals surface area contributed by atoms with E-state index in [1.807, 2.05) is 30.4 Å². The van der Waals surface area contributed by atoms with Gasteiger partial charge in [0.15, 0.2) is 5.01 Å². The van der Waals surface area contributed by atoms with Crippen molar-refractivity contribution in [3.05, 3.63) is 41.4 Å². The van der Waals surface area contributed by atoms with Crippen molar-refractivity contribution in [2.24, 2.45) is 5.92 Å². The highest BCUT2D eigenvalue weighted by molar-refractivity contribution is 7.91. The summed E-state index contributed by atoms with van der Waals surface area (Å²) >= 11 is 1.22. The number of ether oxygens (including phenoxy) is 1. The minimum atomic E-state index is -3.89. The molecule has 16 heteroatoms. The molecule has 0 unspecified atom stereocenters. The number of nitrogens with one attached hydrogen (secondary N) is 4. The Balaban J connectivity index is 1.27. The van der Waals surface area contributed by atoms with E-state index in [4.69, 9.17) is 4.74 Å². The summed E-state index contributed by atoms with van der Waals surface area (Å²) in [4.78, 5) is 74.1. The molecule has 4 aliphatic rings. The Morgan fingerprint density at radius 3 is 2.54 bits per heavy atom. The zero-order valence-electron chi connectivity index (χ0n) is 28.4. The number of carbonyl (C=O) groups excluding carboxylic acids is 5. The summed E-state index contributed by atoms with van der Waals surface area (Å²) in [5, 5.41) is 8.05. The van der Waals surface area contributed by atoms with Gasteiger partial charge in [0.1, 0.15) is 23.2 Å². The van der Waals surface area contributed by atoms with Gasteiger partial charge in [0.2, 0.25) is 21.8 Å². The highest BCUT2D eigenvalue weighted by Gasteiger charge is 2.62. The molecule has 3 fully saturated rings. The number of alkyl carbamates (subject to hydrolysis) is 1. The molecule has 2 aromatic rings. The number of rotatable bonds is 6. The molecule has 3 heterocycles. The van der Waals surface area contributed by atoms with Crippen LogP contribution in [0.1, 0.15) is 88.4 Å². The van der Waals surface area contributed by atoms with Crippen molar-refractivity contribution < 1.29 is 37.1 Å². The van der Waals surface area contributed by atoms with Crippen LogP contribution in [0.25, 0.3) is 10.2 Å². The molecular weight excluding hydrogens is 685 g/mol. The summed E-state index contributed by atoms with van der Waals surface area (Å²) in [7, 11) is -3.89. The topological polar surface area (TPSA) is 193 Å². The fourth-order valence-electron chi connectivity index (χ4n) is 6.57. The number of sulfonamides is 1. The minimum absolute atomic E-state index is 0.0198. The van der Waals surface area contributed by atoms with Crippen LogP contribution in [-0.4, -0.2) is 89.1 Å². The van der Waals surface area contributed by atoms with Crippen LogP contribution < -0.4 is 20.7 Å². The SMILES string of the molecule is CC(C)(C)OC(=O)N[C@H]1CCCCC/C=C\[C@@H]2C[C@@]2(C(=O)NS(=O)(=O)C2CC2)NC(=O)[C@@H]2C[C@@H](NC(=O)c3nc4ccccc4s3)CN2C1=O. The summed E-state index contributed by atoms with van der Waals surface area (Å²) in [6.45, 7) is 5.10. The molecule has 50 heavy (non-hydrogen) atoms. The standard InChI is InChI=1S/C34H44N6O8S2/c1-33(2,3)48-32(45)37-24-13-8-6-4-5-7-11-20-18-34(20,31(44)39-50(46,47)22-15-16-22)38-27(41)25-17-21(19-40(25)30(24)43)35-28(42)29-36-23-12-9-10-14-26(23)49-29/h7,9-12,14,20-22,24-25H,4-6,8,13,15-19H2,1-3H3,(H,35,42)(H,37,45)(H,38,41)(H,39,44)/b11-7-/t20-,21-,24+,25+,34-/m1/s1. The van der Waals surface area contributed by atoms with Crippen LogP contribution in [0.3, 0.4) is 0 Å². The maximum absolute atomic E-state index is 14.3. The van der Waals surface area contributed by atoms with E-state index in [0.29, 0.717) is 37.6 Å². The van der Waals surface area contributed by atoms with Crippen LogP contribution >= 0.6 is 11.3 Å². The molecule has 0 spiro atoms. The average molecular weight is 729 g/mol. The highest BCUT2D eigenvalue weighted by Crippen LogP contribution is 2.46. The Labute approximate surface area is 295 Å². The number of hydrogen-bond acceptors (Lipinski definition) is 10. The predicted molar refractivity (Wildman–Crippen MR) is 185 cm³/mol. The van der Waals surface area contributed by atoms with Gasteiger partial charge in [-0.25, -0.2) is 18.2 Å². The number of allylic oxidation sites excluding steroid dienone is 1. The second kappa shape index (κ2) is 13.9. The van der Waals surface area contributed by atoms with Crippen molar-refractivity contribution in [1.82, 2.24) is 30.6 Å². The minimum Gasteiger partial charge on any atom is -0.444 e. The van der Waals surface area contributed by atoms with Crippen LogP contribution in [0.15, 0.2) is 36.4 Å². The van der Waals surface area contributed by atoms with Crippen LogP contribution in [-0.2, 0) is 29.1 Å². The third-order valence-corrected chi connectivity index (χ3v) is 12.2. The molecule has 1 aromatic heterocycles. The lowest BCUT2D eigenvalue weighted by Gasteiger charge is -2.30. The lowest BCUT2D eigenvalue weighted by Crippen LogP contribution is -2.58. The van der Waals surface area contributed by atoms with Gasteiger partial charge in [-0.2, -0.15) is 0 Å². The molecule has 0 bridgehead atoms. The number of nitrogens with zero attached hydrogens (tertiary/aromatic N) is 2. The van der Waals surface area contributed by atoms with Crippen molar-refractivity contribution in [2.75, 3.05) is 6.54 Å². The van der Waals surface area contributed by atoms with E-state index >= 15 is 0 Å². The third-order valence-electron chi connectivity index (χ3n) is 9.40. The van der Waals surface area contributed by atoms with Crippen LogP contribution in [0.5, 0.6) is 0 Å². The largest absolute Gasteiger partial charge is 0.444 e. The van der Waals surface area contributed by atoms with E-state index in [0.717, 1.165) is 17.5 Å². The van der Waals surface area contributed by atoms with Crippen LogP contribution in [0, 0.1) is 5.92 Å². The first-order valence-corrected chi connectivity index (χ1v) is 19.5. The summed E-state index contributed by atoms with van der Waals surface area (Å²) in [6, 6.07) is 4.53. The van der Waals surface area contributed by atoms with Gasteiger partial charge in [0.25, 0.3) is 11.8 Å². The second-order valence-corrected chi connectivity index (χ2v) is 17.6. The first-order chi connectivity index (χ1) is 23.6. The van der Waals surface area contributed by atoms with Crippen molar-refractivity contribution in [3.63, 3.8) is 0 Å². The maximum Gasteiger partial charge on any atom is 0.408 e. The number of para-hydroxylation sites is 1. The lowest BCUT2D eigenvalue weighted by atomic mass is 10.0. The Hall–Kier alpha value is -4.05. The van der Waals surface area contributed by atoms with Crippen molar-refractivity contribution >= 4 is 61.3 Å². The van der Waals surface area contributed by atoms with Gasteiger partial charge >= 0.3 is 6.09 Å². The van der Waals surface area contributed by atoms with Crippen molar-refractivity contribution in [3.8, 4) is 0 Å². The molecule has 5 atom stereocenters. The molecule has 2 aliphatic heterocycles. The smallest absolute Gasteiger partial charge is 0.408 e. The zero-order valence-corrected chi connectivity index (χ0v) is 30.0. The quantitative estimate of drug-likeness (QED) is 0.324. The Bertz CT molecular complexity index is 1780. The van der Waals surface area contributed by atoms with Gasteiger partial charge in [-0.15, -0.1) is 11.3 Å². The number of aromatic nitrogens is 1. The Morgan fingerprint density at radius 2 is 1.82 bits per heavy atom. The van der Waals surface area contributed by atoms with Gasteiger partial charge in [-0.1, -0.05) is 37.1 Å². The second-order valence-electron chi connectivity index (χ2n) is 14.6. The van der Waals surface area contributed by atoms with E-state index in [9.17, 15) is 32.4 Å². The normalized spacial score (nSPS) is 28.3. The van der Waals surface area contributed by atoms with Crippen LogP contribution in [0.4, 0.5) is 4.79 Å². The number of hydrogen-bond donors (Lipinski definition) is 4. The summed E-state index contributed by atoms with van der Waals surface area (Å²) in [5.74, 6) is -2.88. The Kier molecular flexibility index (Phi) is 9.96. The van der Waals surface area contributed by atoms with Crippen molar-refractivity contribution in [2.45, 2.75) is 113 Å². The maximum atomic E-state index is 14.3. The summed E-state index contributed by atoms with van der Waals surface area (Å²) in [5.41, 5.74) is -1.65. The monoisotopic (exact) mass is 728 g/mol. The van der Waals surface area contributed by atoms with E-state index in [1.165, 1.54) is 16.2 Å². The molecule has 6 rings (SSSR count). The lowest BCUT2D eigenvalue weighted by molar-refractivity contribution is -0.141. The third kappa shape index (κ3) is 8.12. The number of benzene rings is 1. The molecule has 0 radical (unpaired) electrons. The first-order valence-electron chi connectivity index (χ1n) is 17.2. The highest BCUT2D eigenvalue weighted by atomic mass is 32.2. The molecular formula is C34H44N6O8S2. The number of thiazole rings is 1. The molecule has 270 valence electrons. The molecule has 2 aliphatic carbocycles. The first kappa shape index (κ1) is 35.8. The van der Waals surface area contributed by atoms with Gasteiger partial charge in [0.05, 0.1) is 15.5 Å². The van der Waals surface area contributed by atoms with Gasteiger partial charge in [-0.05, 0) is 77.8 Å². The summed E-state index contributed by atoms with van der Waals surface area (Å²) < 4.78 is 34.0. The molecule has 4 N–H and O–H groups in total. The van der Waals surface area contributed by atoms with E-state index < -0.39 is 80.2 Å². The molecule has 2 saturated carbocycles. The molecule has 1 aromatic carbocycles. The predicted octanol–water partition coefficient (Wildman–Crippen LogP) is 2.89. The zero-order chi connectivity index (χ0) is 35.8. The number of carbonyl (C=O) groups is 5. The molecule has 14 nitrogen and oxygen atoms in total. The fraction of sp³-hybridized carbons (Fsp3) is 0.588. The van der Waals surface area contributed by atoms with Crippen LogP contribution in [0.2, 0.25) is 0 Å². The number of fused-ring (bicyclic) bond motifs is 3. The van der Waals surface area contributed by atoms with Crippen molar-refractivity contribution in [1.29, 1.82) is 0 Å². The molecule has 5 amide bonds. The van der Waals surface area contributed by atoms with E-state index in [1.54, 1.807) is 26.8 Å². The fourth-order valence-corrected chi connectivity index (χ4v) is 8.80.